The van der Waals surface area contributed by atoms with Gasteiger partial charge in [0, 0.05) is 22.5 Å². The second-order valence-electron chi connectivity index (χ2n) is 8.39. The molecule has 28 heavy (non-hydrogen) atoms. The van der Waals surface area contributed by atoms with Gasteiger partial charge in [-0.05, 0) is 41.8 Å². The first-order valence-corrected chi connectivity index (χ1v) is 11.6. The zero-order valence-electron chi connectivity index (χ0n) is 15.7. The highest BCUT2D eigenvalue weighted by Gasteiger charge is 2.75. The third kappa shape index (κ3) is 2.39. The van der Waals surface area contributed by atoms with Crippen molar-refractivity contribution in [1.82, 2.24) is 4.31 Å². The molecule has 1 aliphatic carbocycles. The van der Waals surface area contributed by atoms with E-state index in [9.17, 15) is 8.42 Å². The summed E-state index contributed by atoms with van der Waals surface area (Å²) in [5.74, 6) is 0.740. The molecule has 0 N–H and O–H groups in total. The third-order valence-corrected chi connectivity index (χ3v) is 8.82. The Bertz CT molecular complexity index is 1070. The predicted octanol–water partition coefficient (Wildman–Crippen LogP) is 3.69. The molecule has 2 aliphatic heterocycles. The highest BCUT2D eigenvalue weighted by atomic mass is 79.9. The number of hydrogen-bond donors (Lipinski definition) is 0. The molecule has 0 bridgehead atoms. The summed E-state index contributed by atoms with van der Waals surface area (Å²) >= 11 is 3.36. The molecule has 5 rings (SSSR count). The lowest BCUT2D eigenvalue weighted by molar-refractivity contribution is -0.137. The fourth-order valence-corrected chi connectivity index (χ4v) is 6.85. The standard InChI is InChI=1S/C21H21BrN2O3S/c1-20(2)17-12-24(28(25,26)16-10-8-15(22)9-11-16)13-21(17)19(20)23-18(27-21)14-6-4-3-5-7-14/h3-11,17,19H,12-13H2,1-2H3/t17-,19-,21+/m0/s1. The summed E-state index contributed by atoms with van der Waals surface area (Å²) in [5.41, 5.74) is 0.271. The topological polar surface area (TPSA) is 59.0 Å². The van der Waals surface area contributed by atoms with Crippen LogP contribution in [-0.4, -0.2) is 43.4 Å². The molecule has 0 unspecified atom stereocenters. The van der Waals surface area contributed by atoms with Crippen molar-refractivity contribution < 1.29 is 13.2 Å². The van der Waals surface area contributed by atoms with E-state index in [1.54, 1.807) is 28.6 Å². The summed E-state index contributed by atoms with van der Waals surface area (Å²) in [6.45, 7) is 5.12. The first-order chi connectivity index (χ1) is 13.2. The van der Waals surface area contributed by atoms with Crippen LogP contribution in [-0.2, 0) is 14.8 Å². The molecule has 5 nitrogen and oxygen atoms in total. The van der Waals surface area contributed by atoms with Gasteiger partial charge in [0.15, 0.2) is 5.60 Å². The highest BCUT2D eigenvalue weighted by Crippen LogP contribution is 2.63. The monoisotopic (exact) mass is 460 g/mol. The van der Waals surface area contributed by atoms with Gasteiger partial charge in [0.25, 0.3) is 0 Å². The largest absolute Gasteiger partial charge is 0.467 e. The average Bonchev–Trinajstić information content (AvgIpc) is 3.23. The van der Waals surface area contributed by atoms with E-state index in [4.69, 9.17) is 9.73 Å². The van der Waals surface area contributed by atoms with Crippen LogP contribution in [0.4, 0.5) is 0 Å². The molecule has 1 saturated heterocycles. The molecule has 146 valence electrons. The van der Waals surface area contributed by atoms with Crippen molar-refractivity contribution in [2.24, 2.45) is 16.3 Å². The number of nitrogens with zero attached hydrogens (tertiary/aromatic N) is 2. The van der Waals surface area contributed by atoms with Crippen molar-refractivity contribution in [2.45, 2.75) is 30.4 Å². The van der Waals surface area contributed by atoms with Gasteiger partial charge >= 0.3 is 0 Å². The van der Waals surface area contributed by atoms with Crippen LogP contribution in [0.3, 0.4) is 0 Å². The fraction of sp³-hybridized carbons (Fsp3) is 0.381. The molecular formula is C21H21BrN2O3S. The maximum Gasteiger partial charge on any atom is 0.243 e. The van der Waals surface area contributed by atoms with Gasteiger partial charge in [0.1, 0.15) is 6.04 Å². The number of aliphatic imine (C=N–C) groups is 1. The first kappa shape index (κ1) is 18.3. The second kappa shape index (κ2) is 5.90. The smallest absolute Gasteiger partial charge is 0.243 e. The predicted molar refractivity (Wildman–Crippen MR) is 111 cm³/mol. The number of halogens is 1. The minimum absolute atomic E-state index is 0.0367. The molecule has 2 aromatic carbocycles. The molecule has 0 aromatic heterocycles. The lowest BCUT2D eigenvalue weighted by Gasteiger charge is -2.57. The van der Waals surface area contributed by atoms with Crippen LogP contribution in [0.25, 0.3) is 0 Å². The van der Waals surface area contributed by atoms with Gasteiger partial charge in [0.05, 0.1) is 11.4 Å². The first-order valence-electron chi connectivity index (χ1n) is 9.33. The van der Waals surface area contributed by atoms with Gasteiger partial charge in [-0.25, -0.2) is 13.4 Å². The quantitative estimate of drug-likeness (QED) is 0.701. The van der Waals surface area contributed by atoms with Gasteiger partial charge in [0.2, 0.25) is 15.9 Å². The Hall–Kier alpha value is -1.70. The van der Waals surface area contributed by atoms with E-state index < -0.39 is 15.6 Å². The van der Waals surface area contributed by atoms with Gasteiger partial charge in [-0.1, -0.05) is 48.0 Å². The van der Waals surface area contributed by atoms with E-state index in [1.807, 2.05) is 30.3 Å². The van der Waals surface area contributed by atoms with Gasteiger partial charge in [-0.15, -0.1) is 0 Å². The van der Waals surface area contributed by atoms with Gasteiger partial charge in [-0.3, -0.25) is 0 Å². The van der Waals surface area contributed by atoms with E-state index in [1.165, 1.54) is 0 Å². The summed E-state index contributed by atoms with van der Waals surface area (Å²) in [6, 6.07) is 16.6. The van der Waals surface area contributed by atoms with Crippen LogP contribution in [0, 0.1) is 11.3 Å². The zero-order chi connectivity index (χ0) is 19.7. The zero-order valence-corrected chi connectivity index (χ0v) is 18.1. The van der Waals surface area contributed by atoms with Crippen molar-refractivity contribution in [3.63, 3.8) is 0 Å². The van der Waals surface area contributed by atoms with Crippen molar-refractivity contribution in [3.8, 4) is 0 Å². The van der Waals surface area contributed by atoms with Crippen LogP contribution in [0.15, 0.2) is 69.0 Å². The van der Waals surface area contributed by atoms with Crippen LogP contribution in [0.2, 0.25) is 0 Å². The van der Waals surface area contributed by atoms with E-state index in [2.05, 4.69) is 29.8 Å². The molecular weight excluding hydrogens is 440 g/mol. The molecule has 0 amide bonds. The Morgan fingerprint density at radius 2 is 1.79 bits per heavy atom. The van der Waals surface area contributed by atoms with Crippen molar-refractivity contribution in [3.05, 3.63) is 64.6 Å². The van der Waals surface area contributed by atoms with Crippen LogP contribution < -0.4 is 0 Å². The number of sulfonamides is 1. The van der Waals surface area contributed by atoms with Crippen LogP contribution >= 0.6 is 15.9 Å². The van der Waals surface area contributed by atoms with E-state index in [0.29, 0.717) is 23.9 Å². The normalized spacial score (nSPS) is 30.8. The van der Waals surface area contributed by atoms with Crippen LogP contribution in [0.1, 0.15) is 19.4 Å². The lowest BCUT2D eigenvalue weighted by atomic mass is 9.51. The number of benzene rings is 2. The second-order valence-corrected chi connectivity index (χ2v) is 11.2. The Morgan fingerprint density at radius 1 is 1.11 bits per heavy atom. The molecule has 1 spiro atoms. The van der Waals surface area contributed by atoms with Crippen molar-refractivity contribution in [2.75, 3.05) is 13.1 Å². The average molecular weight is 461 g/mol. The molecule has 1 saturated carbocycles. The van der Waals surface area contributed by atoms with Gasteiger partial charge < -0.3 is 4.74 Å². The Kier molecular flexibility index (Phi) is 3.87. The number of rotatable bonds is 3. The SMILES string of the molecule is CC1(C)[C@@H]2CN(S(=O)(=O)c3ccc(Br)cc3)C[C@@]23OC(c2ccccc2)=N[C@@H]13. The highest BCUT2D eigenvalue weighted by molar-refractivity contribution is 9.10. The summed E-state index contributed by atoms with van der Waals surface area (Å²) < 4.78 is 35.3. The Morgan fingerprint density at radius 3 is 2.46 bits per heavy atom. The summed E-state index contributed by atoms with van der Waals surface area (Å²) in [5, 5.41) is 0. The Labute approximate surface area is 173 Å². The summed E-state index contributed by atoms with van der Waals surface area (Å²) in [4.78, 5) is 5.19. The summed E-state index contributed by atoms with van der Waals surface area (Å²) in [7, 11) is -3.58. The molecule has 3 atom stereocenters. The van der Waals surface area contributed by atoms with Crippen molar-refractivity contribution in [1.29, 1.82) is 0 Å². The Balaban J connectivity index is 1.48. The lowest BCUT2D eigenvalue weighted by Crippen LogP contribution is -2.69. The van der Waals surface area contributed by atoms with E-state index in [-0.39, 0.29) is 17.4 Å². The van der Waals surface area contributed by atoms with Crippen LogP contribution in [0.5, 0.6) is 0 Å². The maximum atomic E-state index is 13.2. The maximum absolute atomic E-state index is 13.2. The molecule has 2 aromatic rings. The molecule has 2 fully saturated rings. The van der Waals surface area contributed by atoms with E-state index in [0.717, 1.165) is 10.0 Å². The molecule has 0 radical (unpaired) electrons. The number of ether oxygens (including phenoxy) is 1. The summed E-state index contributed by atoms with van der Waals surface area (Å²) in [6.07, 6.45) is 0. The fourth-order valence-electron chi connectivity index (χ4n) is 5.09. The van der Waals surface area contributed by atoms with Crippen molar-refractivity contribution >= 4 is 31.9 Å². The minimum Gasteiger partial charge on any atom is -0.467 e. The molecule has 2 heterocycles. The minimum atomic E-state index is -3.58. The van der Waals surface area contributed by atoms with Gasteiger partial charge in [-0.2, -0.15) is 4.31 Å². The number of hydrogen-bond acceptors (Lipinski definition) is 4. The molecule has 3 aliphatic rings. The molecule has 7 heteroatoms. The third-order valence-electron chi connectivity index (χ3n) is 6.47. The van der Waals surface area contributed by atoms with E-state index >= 15 is 0 Å².